The van der Waals surface area contributed by atoms with Gasteiger partial charge in [0.2, 0.25) is 0 Å². The van der Waals surface area contributed by atoms with Crippen LogP contribution >= 0.6 is 0 Å². The lowest BCUT2D eigenvalue weighted by Gasteiger charge is -2.17. The van der Waals surface area contributed by atoms with Gasteiger partial charge in [-0.3, -0.25) is 4.79 Å². The number of carbonyl (C=O) groups is 1. The summed E-state index contributed by atoms with van der Waals surface area (Å²) in [6.45, 7) is 6.71. The molecule has 0 aliphatic rings. The van der Waals surface area contributed by atoms with E-state index in [2.05, 4.69) is 5.32 Å². The fourth-order valence-corrected chi connectivity index (χ4v) is 1.78. The molecule has 0 saturated carbocycles. The number of nitrogens with one attached hydrogen (secondary N) is 1. The SMILES string of the molecule is Cc1ccccc1CN[C@H](CC(C)C)C(=O)O. The van der Waals surface area contributed by atoms with Gasteiger partial charge >= 0.3 is 5.97 Å². The minimum atomic E-state index is -0.771. The Balaban J connectivity index is 2.58. The summed E-state index contributed by atoms with van der Waals surface area (Å²) >= 11 is 0. The Hall–Kier alpha value is -1.35. The van der Waals surface area contributed by atoms with Crippen molar-refractivity contribution >= 4 is 5.97 Å². The van der Waals surface area contributed by atoms with Crippen LogP contribution in [0.1, 0.15) is 31.4 Å². The van der Waals surface area contributed by atoms with Crippen molar-refractivity contribution in [3.63, 3.8) is 0 Å². The summed E-state index contributed by atoms with van der Waals surface area (Å²) in [5, 5.41) is 12.2. The van der Waals surface area contributed by atoms with Crippen molar-refractivity contribution in [2.24, 2.45) is 5.92 Å². The smallest absolute Gasteiger partial charge is 0.320 e. The van der Waals surface area contributed by atoms with Crippen LogP contribution in [0.2, 0.25) is 0 Å². The zero-order chi connectivity index (χ0) is 12.8. The zero-order valence-corrected chi connectivity index (χ0v) is 10.7. The number of hydrogen-bond acceptors (Lipinski definition) is 2. The molecule has 0 radical (unpaired) electrons. The summed E-state index contributed by atoms with van der Waals surface area (Å²) in [7, 11) is 0. The van der Waals surface area contributed by atoms with E-state index in [0.29, 0.717) is 18.9 Å². The zero-order valence-electron chi connectivity index (χ0n) is 10.7. The lowest BCUT2D eigenvalue weighted by atomic mass is 10.0. The molecule has 0 amide bonds. The fraction of sp³-hybridized carbons (Fsp3) is 0.500. The van der Waals surface area contributed by atoms with Crippen molar-refractivity contribution in [1.29, 1.82) is 0 Å². The molecule has 3 nitrogen and oxygen atoms in total. The van der Waals surface area contributed by atoms with E-state index in [9.17, 15) is 4.79 Å². The van der Waals surface area contributed by atoms with E-state index in [1.54, 1.807) is 0 Å². The first-order valence-electron chi connectivity index (χ1n) is 6.01. The van der Waals surface area contributed by atoms with Crippen LogP contribution < -0.4 is 5.32 Å². The molecule has 3 heteroatoms. The van der Waals surface area contributed by atoms with Crippen LogP contribution in [0.5, 0.6) is 0 Å². The molecule has 0 unspecified atom stereocenters. The summed E-state index contributed by atoms with van der Waals surface area (Å²) < 4.78 is 0. The summed E-state index contributed by atoms with van der Waals surface area (Å²) in [5.41, 5.74) is 2.34. The average molecular weight is 235 g/mol. The van der Waals surface area contributed by atoms with E-state index >= 15 is 0 Å². The minimum absolute atomic E-state index is 0.375. The second-order valence-corrected chi connectivity index (χ2v) is 4.83. The number of aryl methyl sites for hydroxylation is 1. The number of benzene rings is 1. The van der Waals surface area contributed by atoms with Gasteiger partial charge in [-0.15, -0.1) is 0 Å². The van der Waals surface area contributed by atoms with Crippen LogP contribution in [0.4, 0.5) is 0 Å². The van der Waals surface area contributed by atoms with Crippen LogP contribution in [0, 0.1) is 12.8 Å². The molecule has 0 aliphatic carbocycles. The Morgan fingerprint density at radius 3 is 2.53 bits per heavy atom. The average Bonchev–Trinajstić information content (AvgIpc) is 2.25. The quantitative estimate of drug-likeness (QED) is 0.796. The van der Waals surface area contributed by atoms with Crippen LogP contribution in [-0.2, 0) is 11.3 Å². The number of carboxylic acid groups (broad SMARTS) is 1. The molecule has 0 heterocycles. The van der Waals surface area contributed by atoms with Gasteiger partial charge in [0.1, 0.15) is 6.04 Å². The van der Waals surface area contributed by atoms with Gasteiger partial charge in [-0.1, -0.05) is 38.1 Å². The lowest BCUT2D eigenvalue weighted by Crippen LogP contribution is -2.37. The largest absolute Gasteiger partial charge is 0.480 e. The van der Waals surface area contributed by atoms with Crippen LogP contribution in [0.15, 0.2) is 24.3 Å². The Morgan fingerprint density at radius 1 is 1.35 bits per heavy atom. The van der Waals surface area contributed by atoms with Gasteiger partial charge < -0.3 is 10.4 Å². The molecule has 0 fully saturated rings. The first kappa shape index (κ1) is 13.7. The Labute approximate surface area is 103 Å². The second-order valence-electron chi connectivity index (χ2n) is 4.83. The van der Waals surface area contributed by atoms with Gasteiger partial charge in [-0.25, -0.2) is 0 Å². The highest BCUT2D eigenvalue weighted by Gasteiger charge is 2.17. The molecule has 0 aromatic heterocycles. The summed E-state index contributed by atoms with van der Waals surface area (Å²) in [4.78, 5) is 11.1. The highest BCUT2D eigenvalue weighted by atomic mass is 16.4. The van der Waals surface area contributed by atoms with Gasteiger partial charge in [0, 0.05) is 6.54 Å². The molecule has 0 saturated heterocycles. The maximum absolute atomic E-state index is 11.1. The Kier molecular flexibility index (Phi) is 5.16. The standard InChI is InChI=1S/C14H21NO2/c1-10(2)8-13(14(16)17)15-9-12-7-5-4-6-11(12)3/h4-7,10,13,15H,8-9H2,1-3H3,(H,16,17)/t13-/m1/s1. The minimum Gasteiger partial charge on any atom is -0.480 e. The fourth-order valence-electron chi connectivity index (χ4n) is 1.78. The summed E-state index contributed by atoms with van der Waals surface area (Å²) in [6.07, 6.45) is 0.654. The van der Waals surface area contributed by atoms with Gasteiger partial charge in [0.05, 0.1) is 0 Å². The van der Waals surface area contributed by atoms with Crippen molar-refractivity contribution in [3.05, 3.63) is 35.4 Å². The highest BCUT2D eigenvalue weighted by molar-refractivity contribution is 5.73. The summed E-state index contributed by atoms with van der Waals surface area (Å²) in [6, 6.07) is 7.56. The van der Waals surface area contributed by atoms with E-state index in [1.165, 1.54) is 5.56 Å². The number of rotatable bonds is 6. The molecule has 0 spiro atoms. The van der Waals surface area contributed by atoms with E-state index in [4.69, 9.17) is 5.11 Å². The number of carboxylic acids is 1. The maximum atomic E-state index is 11.1. The Morgan fingerprint density at radius 2 is 2.00 bits per heavy atom. The molecule has 0 aliphatic heterocycles. The molecule has 2 N–H and O–H groups in total. The highest BCUT2D eigenvalue weighted by Crippen LogP contribution is 2.09. The normalized spacial score (nSPS) is 12.7. The van der Waals surface area contributed by atoms with Crippen LogP contribution in [-0.4, -0.2) is 17.1 Å². The van der Waals surface area contributed by atoms with E-state index in [1.807, 2.05) is 45.0 Å². The second kappa shape index (κ2) is 6.40. The first-order valence-corrected chi connectivity index (χ1v) is 6.01. The van der Waals surface area contributed by atoms with Gasteiger partial charge in [0.15, 0.2) is 0 Å². The predicted octanol–water partition coefficient (Wildman–Crippen LogP) is 2.58. The third-order valence-electron chi connectivity index (χ3n) is 2.81. The van der Waals surface area contributed by atoms with Crippen LogP contribution in [0.25, 0.3) is 0 Å². The molecule has 1 atom stereocenters. The summed E-state index contributed by atoms with van der Waals surface area (Å²) in [5.74, 6) is -0.396. The van der Waals surface area contributed by atoms with Crippen molar-refractivity contribution in [2.45, 2.75) is 39.8 Å². The molecule has 0 bridgehead atoms. The van der Waals surface area contributed by atoms with Gasteiger partial charge in [-0.05, 0) is 30.4 Å². The predicted molar refractivity (Wildman–Crippen MR) is 68.9 cm³/mol. The molecule has 1 aromatic carbocycles. The van der Waals surface area contributed by atoms with E-state index < -0.39 is 12.0 Å². The molecule has 17 heavy (non-hydrogen) atoms. The molecule has 94 valence electrons. The lowest BCUT2D eigenvalue weighted by molar-refractivity contribution is -0.140. The molecule has 1 rings (SSSR count). The number of hydrogen-bond donors (Lipinski definition) is 2. The first-order chi connectivity index (χ1) is 8.00. The molecular formula is C14H21NO2. The number of aliphatic carboxylic acids is 1. The van der Waals surface area contributed by atoms with Crippen molar-refractivity contribution in [1.82, 2.24) is 5.32 Å². The van der Waals surface area contributed by atoms with Gasteiger partial charge in [0.25, 0.3) is 0 Å². The van der Waals surface area contributed by atoms with Crippen molar-refractivity contribution in [2.75, 3.05) is 0 Å². The topological polar surface area (TPSA) is 49.3 Å². The monoisotopic (exact) mass is 235 g/mol. The maximum Gasteiger partial charge on any atom is 0.320 e. The third-order valence-corrected chi connectivity index (χ3v) is 2.81. The van der Waals surface area contributed by atoms with Crippen molar-refractivity contribution < 1.29 is 9.90 Å². The third kappa shape index (κ3) is 4.57. The molecule has 1 aromatic rings. The Bertz CT molecular complexity index is 374. The molecular weight excluding hydrogens is 214 g/mol. The van der Waals surface area contributed by atoms with E-state index in [0.717, 1.165) is 5.56 Å². The van der Waals surface area contributed by atoms with Gasteiger partial charge in [-0.2, -0.15) is 0 Å². The van der Waals surface area contributed by atoms with Crippen LogP contribution in [0.3, 0.4) is 0 Å². The van der Waals surface area contributed by atoms with Crippen molar-refractivity contribution in [3.8, 4) is 0 Å². The van der Waals surface area contributed by atoms with E-state index in [-0.39, 0.29) is 0 Å².